The molecule has 7 heteroatoms. The van der Waals surface area contributed by atoms with Gasteiger partial charge in [0.1, 0.15) is 0 Å². The summed E-state index contributed by atoms with van der Waals surface area (Å²) in [5.74, 6) is -1.60. The number of hydrogen-bond donors (Lipinski definition) is 1. The van der Waals surface area contributed by atoms with E-state index in [0.29, 0.717) is 5.56 Å². The molecule has 2 atom stereocenters. The molecule has 0 spiro atoms. The van der Waals surface area contributed by atoms with Crippen LogP contribution in [0.1, 0.15) is 18.9 Å². The molecule has 0 radical (unpaired) electrons. The topological polar surface area (TPSA) is 107 Å². The van der Waals surface area contributed by atoms with Crippen molar-refractivity contribution in [1.29, 1.82) is 0 Å². The zero-order valence-corrected chi connectivity index (χ0v) is 13.3. The number of benzene rings is 2. The number of aliphatic hydroxyl groups excluding tert-OH is 1. The van der Waals surface area contributed by atoms with Crippen molar-refractivity contribution < 1.29 is 24.4 Å². The lowest BCUT2D eigenvalue weighted by Crippen LogP contribution is -2.35. The fourth-order valence-corrected chi connectivity index (χ4v) is 2.96. The summed E-state index contributed by atoms with van der Waals surface area (Å²) >= 11 is 0. The van der Waals surface area contributed by atoms with Gasteiger partial charge in [0, 0.05) is 17.7 Å². The standard InChI is InChI=1S/C18H15NO6/c1-2-18(16(21)15(20)17(22)25-18)13-7-3-11(4-8-13)12-5-9-14(10-6-12)19(23)24/h3-10,15,20H,2H2,1H3. The predicted octanol–water partition coefficient (Wildman–Crippen LogP) is 2.35. The van der Waals surface area contributed by atoms with Crippen molar-refractivity contribution >= 4 is 17.4 Å². The maximum Gasteiger partial charge on any atom is 0.344 e. The monoisotopic (exact) mass is 341 g/mol. The number of Topliss-reactive ketones (excluding diaryl/α,β-unsaturated/α-hetero) is 1. The molecule has 25 heavy (non-hydrogen) atoms. The maximum atomic E-state index is 12.3. The summed E-state index contributed by atoms with van der Waals surface area (Å²) in [6.45, 7) is 1.70. The van der Waals surface area contributed by atoms with E-state index in [1.807, 2.05) is 0 Å². The number of esters is 1. The van der Waals surface area contributed by atoms with E-state index in [1.165, 1.54) is 12.1 Å². The lowest BCUT2D eigenvalue weighted by Gasteiger charge is -2.25. The molecule has 1 saturated heterocycles. The molecule has 1 aliphatic heterocycles. The Kier molecular flexibility index (Phi) is 4.10. The van der Waals surface area contributed by atoms with Gasteiger partial charge in [0.15, 0.2) is 5.60 Å². The van der Waals surface area contributed by atoms with Crippen LogP contribution in [0.15, 0.2) is 48.5 Å². The Morgan fingerprint density at radius 1 is 1.08 bits per heavy atom. The number of nitrogens with zero attached hydrogens (tertiary/aromatic N) is 1. The number of carbonyl (C=O) groups excluding carboxylic acids is 2. The van der Waals surface area contributed by atoms with Crippen molar-refractivity contribution in [2.75, 3.05) is 0 Å². The van der Waals surface area contributed by atoms with Crippen LogP contribution in [0.4, 0.5) is 5.69 Å². The van der Waals surface area contributed by atoms with Gasteiger partial charge in [0.05, 0.1) is 4.92 Å². The highest BCUT2D eigenvalue weighted by Crippen LogP contribution is 2.38. The number of non-ortho nitro benzene ring substituents is 1. The van der Waals surface area contributed by atoms with Crippen LogP contribution < -0.4 is 0 Å². The van der Waals surface area contributed by atoms with Crippen molar-refractivity contribution in [3.05, 3.63) is 64.2 Å². The molecule has 3 rings (SSSR count). The van der Waals surface area contributed by atoms with Crippen molar-refractivity contribution in [1.82, 2.24) is 0 Å². The van der Waals surface area contributed by atoms with Gasteiger partial charge in [-0.25, -0.2) is 4.79 Å². The number of rotatable bonds is 4. The van der Waals surface area contributed by atoms with Crippen LogP contribution in [0.3, 0.4) is 0 Å². The number of ether oxygens (including phenoxy) is 1. The van der Waals surface area contributed by atoms with E-state index in [4.69, 9.17) is 4.74 Å². The SMILES string of the molecule is CCC1(c2ccc(-c3ccc([N+](=O)[O-])cc3)cc2)OC(=O)C(O)C1=O. The number of nitro groups is 1. The van der Waals surface area contributed by atoms with E-state index in [1.54, 1.807) is 43.3 Å². The third-order valence-corrected chi connectivity index (χ3v) is 4.41. The largest absolute Gasteiger partial charge is 0.444 e. The number of cyclic esters (lactones) is 1. The van der Waals surface area contributed by atoms with Gasteiger partial charge in [-0.05, 0) is 29.7 Å². The Morgan fingerprint density at radius 2 is 1.60 bits per heavy atom. The van der Waals surface area contributed by atoms with E-state index >= 15 is 0 Å². The van der Waals surface area contributed by atoms with Gasteiger partial charge in [-0.15, -0.1) is 0 Å². The zero-order valence-electron chi connectivity index (χ0n) is 13.3. The maximum absolute atomic E-state index is 12.3. The van der Waals surface area contributed by atoms with Gasteiger partial charge < -0.3 is 9.84 Å². The minimum Gasteiger partial charge on any atom is -0.444 e. The molecule has 7 nitrogen and oxygen atoms in total. The Bertz CT molecular complexity index is 843. The van der Waals surface area contributed by atoms with Gasteiger partial charge in [-0.2, -0.15) is 0 Å². The van der Waals surface area contributed by atoms with E-state index in [0.717, 1.165) is 11.1 Å². The summed E-state index contributed by atoms with van der Waals surface area (Å²) in [6, 6.07) is 12.9. The Hall–Kier alpha value is -3.06. The normalized spacial score (nSPS) is 22.7. The lowest BCUT2D eigenvalue weighted by atomic mass is 9.85. The summed E-state index contributed by atoms with van der Waals surface area (Å²) in [4.78, 5) is 34.1. The molecule has 0 saturated carbocycles. The molecule has 2 unspecified atom stereocenters. The average Bonchev–Trinajstić information content (AvgIpc) is 2.86. The second-order valence-electron chi connectivity index (χ2n) is 5.75. The van der Waals surface area contributed by atoms with Crippen LogP contribution in [0.25, 0.3) is 11.1 Å². The van der Waals surface area contributed by atoms with Crippen LogP contribution in [-0.2, 0) is 19.9 Å². The van der Waals surface area contributed by atoms with Crippen LogP contribution in [-0.4, -0.2) is 27.9 Å². The quantitative estimate of drug-likeness (QED) is 0.396. The first-order chi connectivity index (χ1) is 11.9. The number of aliphatic hydroxyl groups is 1. The molecular formula is C18H15NO6. The fraction of sp³-hybridized carbons (Fsp3) is 0.222. The highest BCUT2D eigenvalue weighted by atomic mass is 16.6. The molecule has 1 heterocycles. The molecule has 1 fully saturated rings. The van der Waals surface area contributed by atoms with E-state index in [2.05, 4.69) is 0 Å². The Labute approximate surface area is 143 Å². The molecule has 0 aliphatic carbocycles. The van der Waals surface area contributed by atoms with Gasteiger partial charge in [-0.1, -0.05) is 31.2 Å². The first-order valence-corrected chi connectivity index (χ1v) is 7.69. The summed E-state index contributed by atoms with van der Waals surface area (Å²) in [7, 11) is 0. The third-order valence-electron chi connectivity index (χ3n) is 4.41. The highest BCUT2D eigenvalue weighted by molar-refractivity contribution is 6.11. The fourth-order valence-electron chi connectivity index (χ4n) is 2.96. The first kappa shape index (κ1) is 16.8. The highest BCUT2D eigenvalue weighted by Gasteiger charge is 2.54. The van der Waals surface area contributed by atoms with Crippen molar-refractivity contribution in [3.8, 4) is 11.1 Å². The molecule has 2 aromatic carbocycles. The van der Waals surface area contributed by atoms with Crippen molar-refractivity contribution in [2.24, 2.45) is 0 Å². The van der Waals surface area contributed by atoms with E-state index in [-0.39, 0.29) is 12.1 Å². The van der Waals surface area contributed by atoms with Gasteiger partial charge in [0.2, 0.25) is 11.9 Å². The van der Waals surface area contributed by atoms with Gasteiger partial charge in [-0.3, -0.25) is 14.9 Å². The molecule has 1 N–H and O–H groups in total. The molecule has 0 amide bonds. The van der Waals surface area contributed by atoms with Crippen molar-refractivity contribution in [3.63, 3.8) is 0 Å². The van der Waals surface area contributed by atoms with E-state index < -0.39 is 28.4 Å². The molecule has 0 aromatic heterocycles. The summed E-state index contributed by atoms with van der Waals surface area (Å²) in [6.07, 6.45) is -1.54. The molecule has 1 aliphatic rings. The van der Waals surface area contributed by atoms with Crippen LogP contribution in [0.2, 0.25) is 0 Å². The van der Waals surface area contributed by atoms with E-state index in [9.17, 15) is 24.8 Å². The summed E-state index contributed by atoms with van der Waals surface area (Å²) < 4.78 is 5.18. The lowest BCUT2D eigenvalue weighted by molar-refractivity contribution is -0.384. The number of carbonyl (C=O) groups is 2. The van der Waals surface area contributed by atoms with Gasteiger partial charge >= 0.3 is 5.97 Å². The number of nitro benzene ring substituents is 1. The number of ketones is 1. The average molecular weight is 341 g/mol. The predicted molar refractivity (Wildman–Crippen MR) is 87.6 cm³/mol. The number of hydrogen-bond acceptors (Lipinski definition) is 6. The minimum absolute atomic E-state index is 0.00255. The van der Waals surface area contributed by atoms with Crippen LogP contribution in [0.5, 0.6) is 0 Å². The summed E-state index contributed by atoms with van der Waals surface area (Å²) in [5, 5.41) is 20.3. The smallest absolute Gasteiger partial charge is 0.344 e. The second-order valence-corrected chi connectivity index (χ2v) is 5.75. The Balaban J connectivity index is 1.93. The van der Waals surface area contributed by atoms with Crippen LogP contribution >= 0.6 is 0 Å². The third kappa shape index (κ3) is 2.68. The van der Waals surface area contributed by atoms with Crippen molar-refractivity contribution in [2.45, 2.75) is 25.0 Å². The molecular weight excluding hydrogens is 326 g/mol. The first-order valence-electron chi connectivity index (χ1n) is 7.69. The molecule has 128 valence electrons. The van der Waals surface area contributed by atoms with Crippen LogP contribution in [0, 0.1) is 10.1 Å². The van der Waals surface area contributed by atoms with Gasteiger partial charge in [0.25, 0.3) is 5.69 Å². The molecule has 2 aromatic rings. The summed E-state index contributed by atoms with van der Waals surface area (Å²) in [5.41, 5.74) is 0.586. The minimum atomic E-state index is -1.76. The zero-order chi connectivity index (χ0) is 18.2. The Morgan fingerprint density at radius 3 is 2.00 bits per heavy atom. The molecule has 0 bridgehead atoms. The second kappa shape index (κ2) is 6.10.